The zero-order chi connectivity index (χ0) is 27.4. The number of hydrogen-bond donors (Lipinski definition) is 0. The fourth-order valence-electron chi connectivity index (χ4n) is 7.16. The average molecular weight is 479 g/mol. The van der Waals surface area contributed by atoms with Crippen LogP contribution in [0, 0.1) is 55.2 Å². The summed E-state index contributed by atoms with van der Waals surface area (Å²) in [6.45, 7) is 44.3. The molecule has 2 unspecified atom stereocenters. The predicted octanol–water partition coefficient (Wildman–Crippen LogP) is 10.7. The summed E-state index contributed by atoms with van der Waals surface area (Å²) >= 11 is 0. The maximum atomic E-state index is 5.39. The molecule has 3 fully saturated rings. The molecule has 0 spiro atoms. The molecule has 1 nitrogen and oxygen atoms in total. The van der Waals surface area contributed by atoms with Crippen molar-refractivity contribution in [1.29, 1.82) is 0 Å². The largest absolute Gasteiger partial charge is 0.380 e. The van der Waals surface area contributed by atoms with Crippen LogP contribution < -0.4 is 0 Å². The third-order valence-corrected chi connectivity index (χ3v) is 10.2. The quantitative estimate of drug-likeness (QED) is 0.336. The van der Waals surface area contributed by atoms with Crippen LogP contribution in [0.5, 0.6) is 0 Å². The van der Waals surface area contributed by atoms with Gasteiger partial charge in [-0.25, -0.2) is 0 Å². The van der Waals surface area contributed by atoms with Crippen LogP contribution in [0.15, 0.2) is 0 Å². The van der Waals surface area contributed by atoms with Gasteiger partial charge < -0.3 is 4.74 Å². The van der Waals surface area contributed by atoms with Crippen LogP contribution >= 0.6 is 0 Å². The summed E-state index contributed by atoms with van der Waals surface area (Å²) < 4.78 is 5.39. The highest BCUT2D eigenvalue weighted by atomic mass is 16.5. The van der Waals surface area contributed by atoms with Gasteiger partial charge in [-0.05, 0) is 69.0 Å². The van der Waals surface area contributed by atoms with Crippen molar-refractivity contribution in [1.82, 2.24) is 0 Å². The fourth-order valence-corrected chi connectivity index (χ4v) is 7.16. The lowest BCUT2D eigenvalue weighted by atomic mass is 9.53. The van der Waals surface area contributed by atoms with Crippen LogP contribution in [0.4, 0.5) is 0 Å². The summed E-state index contributed by atoms with van der Waals surface area (Å²) in [4.78, 5) is 0. The normalized spacial score (nSPS) is 26.3. The van der Waals surface area contributed by atoms with E-state index in [1.807, 2.05) is 0 Å². The fraction of sp³-hybridized carbons (Fsp3) is 1.00. The molecule has 204 valence electrons. The van der Waals surface area contributed by atoms with Gasteiger partial charge in [-0.3, -0.25) is 0 Å². The van der Waals surface area contributed by atoms with Gasteiger partial charge in [0.25, 0.3) is 0 Å². The van der Waals surface area contributed by atoms with Crippen LogP contribution in [0.2, 0.25) is 0 Å². The number of hydrogen-bond acceptors (Lipinski definition) is 1. The van der Waals surface area contributed by atoms with Gasteiger partial charge in [0.2, 0.25) is 0 Å². The summed E-state index contributed by atoms with van der Waals surface area (Å²) in [6, 6.07) is 0. The summed E-state index contributed by atoms with van der Waals surface area (Å²) in [5.41, 5.74) is 3.76. The van der Waals surface area contributed by atoms with E-state index < -0.39 is 0 Å². The van der Waals surface area contributed by atoms with Crippen LogP contribution in [-0.4, -0.2) is 13.2 Å². The lowest BCUT2D eigenvalue weighted by Crippen LogP contribution is -2.59. The van der Waals surface area contributed by atoms with Gasteiger partial charge in [0.15, 0.2) is 0 Å². The van der Waals surface area contributed by atoms with E-state index in [1.54, 1.807) is 0 Å². The summed E-state index contributed by atoms with van der Waals surface area (Å²) in [6.07, 6.45) is 4.31. The number of rotatable bonds is 0. The second-order valence-electron chi connectivity index (χ2n) is 18.3. The van der Waals surface area contributed by atoms with Crippen molar-refractivity contribution in [2.24, 2.45) is 55.2 Å². The van der Waals surface area contributed by atoms with E-state index in [-0.39, 0.29) is 0 Å². The molecule has 1 aliphatic heterocycles. The molecule has 2 atom stereocenters. The van der Waals surface area contributed by atoms with Gasteiger partial charge in [-0.2, -0.15) is 0 Å². The lowest BCUT2D eigenvalue weighted by molar-refractivity contribution is -0.224. The molecule has 0 aromatic heterocycles. The average Bonchev–Trinajstić information content (AvgIpc) is 3.32. The molecule has 0 radical (unpaired) electrons. The second-order valence-corrected chi connectivity index (χ2v) is 18.3. The Kier molecular flexibility index (Phi) is 8.81. The van der Waals surface area contributed by atoms with Crippen molar-refractivity contribution >= 4 is 0 Å². The highest BCUT2D eigenvalue weighted by Crippen LogP contribution is 2.67. The second kappa shape index (κ2) is 9.36. The highest BCUT2D eigenvalue weighted by Gasteiger charge is 2.58. The van der Waals surface area contributed by atoms with Gasteiger partial charge in [0.05, 0.1) is 13.2 Å². The third kappa shape index (κ3) is 6.83. The molecule has 0 aromatic rings. The third-order valence-electron chi connectivity index (χ3n) is 10.2. The molecule has 34 heavy (non-hydrogen) atoms. The monoisotopic (exact) mass is 479 g/mol. The summed E-state index contributed by atoms with van der Waals surface area (Å²) in [5.74, 6) is 1.95. The Bertz CT molecular complexity index is 596. The Morgan fingerprint density at radius 2 is 0.706 bits per heavy atom. The minimum atomic E-state index is 0.351. The first-order valence-corrected chi connectivity index (χ1v) is 14.2. The van der Waals surface area contributed by atoms with Crippen molar-refractivity contribution in [3.05, 3.63) is 0 Å². The van der Waals surface area contributed by atoms with Crippen LogP contribution in [-0.2, 0) is 4.74 Å². The summed E-state index contributed by atoms with van der Waals surface area (Å²) in [5, 5.41) is 0. The maximum absolute atomic E-state index is 5.39. The van der Waals surface area contributed by atoms with Crippen molar-refractivity contribution in [3.63, 3.8) is 0 Å². The van der Waals surface area contributed by atoms with Crippen molar-refractivity contribution in [2.75, 3.05) is 13.2 Å². The molecule has 0 bridgehead atoms. The molecule has 0 aromatic carbocycles. The highest BCUT2D eigenvalue weighted by molar-refractivity contribution is 5.08. The summed E-state index contributed by atoms with van der Waals surface area (Å²) in [7, 11) is 0. The first kappa shape index (κ1) is 32.0. The molecule has 1 heterocycles. The Morgan fingerprint density at radius 1 is 0.441 bits per heavy atom. The predicted molar refractivity (Wildman–Crippen MR) is 153 cm³/mol. The molecule has 0 amide bonds. The Morgan fingerprint density at radius 3 is 0.735 bits per heavy atom. The molecule has 3 rings (SSSR count). The zero-order valence-electron chi connectivity index (χ0n) is 27.1. The van der Waals surface area contributed by atoms with Crippen molar-refractivity contribution < 1.29 is 4.74 Å². The Balaban J connectivity index is 0.000000255. The molecular weight excluding hydrogens is 412 g/mol. The first-order chi connectivity index (χ1) is 14.6. The van der Waals surface area contributed by atoms with E-state index in [0.717, 1.165) is 25.0 Å². The van der Waals surface area contributed by atoms with E-state index in [4.69, 9.17) is 4.74 Å². The van der Waals surface area contributed by atoms with Gasteiger partial charge in [-0.15, -0.1) is 0 Å². The van der Waals surface area contributed by atoms with Gasteiger partial charge in [-0.1, -0.05) is 125 Å². The SMILES string of the molecule is CC(C)(C)C1(C(C)(C)C)CC1.CC(C)(C)C1(C(C)(C)C)COC1.CC(C)(C)C1CC1C(C)(C)C. The standard InChI is InChI=1S/C11H22O.2C11H22/c1-9(2,3)11(7-12-8-11)10(4,5)6;1-10(2,3)8-7-9(8)11(4,5)6;1-9(2,3)11(7-8-11)10(4,5)6/h7-8H2,1-6H3;8-9H,7H2,1-6H3;7-8H2,1-6H3. The van der Waals surface area contributed by atoms with Crippen molar-refractivity contribution in [2.45, 2.75) is 144 Å². The van der Waals surface area contributed by atoms with Crippen LogP contribution in [0.3, 0.4) is 0 Å². The zero-order valence-corrected chi connectivity index (χ0v) is 27.1. The van der Waals surface area contributed by atoms with Crippen molar-refractivity contribution in [3.8, 4) is 0 Å². The molecule has 3 aliphatic rings. The van der Waals surface area contributed by atoms with Crippen LogP contribution in [0.1, 0.15) is 144 Å². The molecule has 2 aliphatic carbocycles. The first-order valence-electron chi connectivity index (χ1n) is 14.2. The van der Waals surface area contributed by atoms with E-state index in [2.05, 4.69) is 125 Å². The minimum Gasteiger partial charge on any atom is -0.380 e. The molecule has 1 saturated heterocycles. The minimum absolute atomic E-state index is 0.351. The lowest BCUT2D eigenvalue weighted by Gasteiger charge is -2.58. The maximum Gasteiger partial charge on any atom is 0.0554 e. The molecular formula is C33H66O. The topological polar surface area (TPSA) is 9.23 Å². The smallest absolute Gasteiger partial charge is 0.0554 e. The van der Waals surface area contributed by atoms with Gasteiger partial charge in [0.1, 0.15) is 0 Å². The Labute approximate surface area is 217 Å². The van der Waals surface area contributed by atoms with E-state index in [0.29, 0.717) is 43.3 Å². The van der Waals surface area contributed by atoms with Gasteiger partial charge in [0, 0.05) is 5.41 Å². The van der Waals surface area contributed by atoms with E-state index in [1.165, 1.54) is 19.3 Å². The van der Waals surface area contributed by atoms with E-state index in [9.17, 15) is 0 Å². The molecule has 1 heteroatoms. The molecule has 0 N–H and O–H groups in total. The number of ether oxygens (including phenoxy) is 1. The Hall–Kier alpha value is -0.0400. The van der Waals surface area contributed by atoms with Crippen LogP contribution in [0.25, 0.3) is 0 Å². The molecule has 2 saturated carbocycles. The van der Waals surface area contributed by atoms with Gasteiger partial charge >= 0.3 is 0 Å². The van der Waals surface area contributed by atoms with E-state index >= 15 is 0 Å².